The van der Waals surface area contributed by atoms with Gasteiger partial charge in [0.25, 0.3) is 0 Å². The van der Waals surface area contributed by atoms with Gasteiger partial charge in [-0.2, -0.15) is 0 Å². The Hall–Kier alpha value is -1.17. The highest BCUT2D eigenvalue weighted by molar-refractivity contribution is 7.09. The molecule has 0 radical (unpaired) electrons. The van der Waals surface area contributed by atoms with Crippen LogP contribution in [0.3, 0.4) is 0 Å². The van der Waals surface area contributed by atoms with E-state index in [9.17, 15) is 5.11 Å². The van der Waals surface area contributed by atoms with Crippen molar-refractivity contribution in [3.05, 3.63) is 60.7 Å². The van der Waals surface area contributed by atoms with Crippen LogP contribution in [0.25, 0.3) is 0 Å². The van der Waals surface area contributed by atoms with Crippen LogP contribution < -0.4 is 10.4 Å². The molecule has 0 bridgehead atoms. The third kappa shape index (κ3) is 2.55. The fraction of sp³-hybridized carbons (Fsp3) is 0.400. The smallest absolute Gasteiger partial charge is 0.113 e. The molecule has 1 fully saturated rings. The van der Waals surface area contributed by atoms with Crippen molar-refractivity contribution in [1.82, 2.24) is 0 Å². The third-order valence-electron chi connectivity index (χ3n) is 6.06. The zero-order chi connectivity index (χ0) is 16.7. The Bertz CT molecular complexity index is 609. The molecule has 23 heavy (non-hydrogen) atoms. The second-order valence-corrected chi connectivity index (χ2v) is 17.7. The standard InChI is InChI=1S/C20H28OSi2/c1-22(2,18-11-7-5-8-12-18)20(21,17-15-16-17)23(3,4)19-13-9-6-10-14-19/h5-14,17,21H,15-16H2,1-4H3. The lowest BCUT2D eigenvalue weighted by atomic mass is 10.4. The Morgan fingerprint density at radius 2 is 1.09 bits per heavy atom. The van der Waals surface area contributed by atoms with Crippen LogP contribution in [-0.2, 0) is 0 Å². The molecule has 0 atom stereocenters. The van der Waals surface area contributed by atoms with E-state index in [0.717, 1.165) is 0 Å². The molecule has 1 aliphatic rings. The predicted molar refractivity (Wildman–Crippen MR) is 105 cm³/mol. The minimum atomic E-state index is -2.03. The summed E-state index contributed by atoms with van der Waals surface area (Å²) in [5, 5.41) is 15.0. The largest absolute Gasteiger partial charge is 0.396 e. The molecule has 0 amide bonds. The summed E-state index contributed by atoms with van der Waals surface area (Å²) in [5.74, 6) is 0.478. The summed E-state index contributed by atoms with van der Waals surface area (Å²) in [6.07, 6.45) is 2.37. The van der Waals surface area contributed by atoms with E-state index in [1.807, 2.05) is 0 Å². The molecule has 0 aromatic heterocycles. The zero-order valence-corrected chi connectivity index (χ0v) is 16.7. The summed E-state index contributed by atoms with van der Waals surface area (Å²) in [6.45, 7) is 9.49. The van der Waals surface area contributed by atoms with E-state index >= 15 is 0 Å². The summed E-state index contributed by atoms with van der Waals surface area (Å²) >= 11 is 0. The van der Waals surface area contributed by atoms with E-state index < -0.39 is 21.0 Å². The van der Waals surface area contributed by atoms with Crippen molar-refractivity contribution in [2.45, 2.75) is 43.9 Å². The maximum absolute atomic E-state index is 12.2. The zero-order valence-electron chi connectivity index (χ0n) is 14.7. The van der Waals surface area contributed by atoms with Crippen molar-refractivity contribution in [3.8, 4) is 0 Å². The van der Waals surface area contributed by atoms with Crippen molar-refractivity contribution in [1.29, 1.82) is 0 Å². The Balaban J connectivity index is 2.14. The number of aliphatic hydroxyl groups is 1. The first-order valence-electron chi connectivity index (χ1n) is 8.65. The summed E-state index contributed by atoms with van der Waals surface area (Å²) in [5.41, 5.74) is 0. The van der Waals surface area contributed by atoms with Gasteiger partial charge in [0, 0.05) is 0 Å². The molecule has 1 N–H and O–H groups in total. The average Bonchev–Trinajstić information content (AvgIpc) is 3.40. The molecule has 1 aliphatic carbocycles. The third-order valence-corrected chi connectivity index (χ3v) is 18.0. The molecule has 3 heteroatoms. The highest BCUT2D eigenvalue weighted by Crippen LogP contribution is 2.49. The van der Waals surface area contributed by atoms with Crippen LogP contribution in [0.1, 0.15) is 12.8 Å². The molecule has 1 nitrogen and oxygen atoms in total. The van der Waals surface area contributed by atoms with Crippen molar-refractivity contribution in [2.24, 2.45) is 5.92 Å². The lowest BCUT2D eigenvalue weighted by Gasteiger charge is -2.51. The fourth-order valence-corrected chi connectivity index (χ4v) is 17.1. The van der Waals surface area contributed by atoms with Crippen molar-refractivity contribution < 1.29 is 5.11 Å². The second kappa shape index (κ2) is 5.73. The highest BCUT2D eigenvalue weighted by atomic mass is 28.4. The number of benzene rings is 2. The quantitative estimate of drug-likeness (QED) is 0.827. The number of hydrogen-bond acceptors (Lipinski definition) is 1. The maximum atomic E-state index is 12.2. The van der Waals surface area contributed by atoms with Crippen LogP contribution in [0.2, 0.25) is 26.2 Å². The molecule has 0 spiro atoms. The molecule has 3 rings (SSSR count). The number of hydrogen-bond donors (Lipinski definition) is 1. The van der Waals surface area contributed by atoms with Gasteiger partial charge in [0.05, 0.1) is 4.85 Å². The van der Waals surface area contributed by atoms with Crippen LogP contribution in [0.4, 0.5) is 0 Å². The van der Waals surface area contributed by atoms with E-state index in [-0.39, 0.29) is 0 Å². The van der Waals surface area contributed by atoms with Gasteiger partial charge in [-0.1, -0.05) is 97.2 Å². The van der Waals surface area contributed by atoms with Crippen LogP contribution in [0.5, 0.6) is 0 Å². The first-order chi connectivity index (χ1) is 10.8. The normalized spacial score (nSPS) is 16.4. The molecule has 0 unspecified atom stereocenters. The minimum Gasteiger partial charge on any atom is -0.396 e. The molecule has 2 aromatic carbocycles. The van der Waals surface area contributed by atoms with E-state index in [1.54, 1.807) is 0 Å². The monoisotopic (exact) mass is 340 g/mol. The van der Waals surface area contributed by atoms with E-state index in [0.29, 0.717) is 5.92 Å². The topological polar surface area (TPSA) is 20.2 Å². The molecule has 0 heterocycles. The van der Waals surface area contributed by atoms with Gasteiger partial charge < -0.3 is 5.11 Å². The van der Waals surface area contributed by atoms with Gasteiger partial charge in [0.2, 0.25) is 0 Å². The van der Waals surface area contributed by atoms with Gasteiger partial charge in [-0.05, 0) is 18.8 Å². The van der Waals surface area contributed by atoms with E-state index in [4.69, 9.17) is 0 Å². The van der Waals surface area contributed by atoms with Crippen LogP contribution in [0, 0.1) is 5.92 Å². The minimum absolute atomic E-state index is 0.478. The van der Waals surface area contributed by atoms with Crippen LogP contribution >= 0.6 is 0 Å². The first kappa shape index (κ1) is 16.7. The molecule has 1 saturated carbocycles. The van der Waals surface area contributed by atoms with Crippen molar-refractivity contribution in [2.75, 3.05) is 0 Å². The highest BCUT2D eigenvalue weighted by Gasteiger charge is 2.63. The summed E-state index contributed by atoms with van der Waals surface area (Å²) < 4.78 is 0. The van der Waals surface area contributed by atoms with Crippen LogP contribution in [-0.4, -0.2) is 26.1 Å². The Labute approximate surface area is 142 Å². The van der Waals surface area contributed by atoms with Gasteiger partial charge in [-0.25, -0.2) is 0 Å². The summed E-state index contributed by atoms with van der Waals surface area (Å²) in [6, 6.07) is 21.5. The lowest BCUT2D eigenvalue weighted by molar-refractivity contribution is 0.167. The lowest BCUT2D eigenvalue weighted by Crippen LogP contribution is -2.78. The van der Waals surface area contributed by atoms with Crippen LogP contribution in [0.15, 0.2) is 60.7 Å². The second-order valence-electron chi connectivity index (χ2n) is 8.02. The Morgan fingerprint density at radius 3 is 1.39 bits per heavy atom. The van der Waals surface area contributed by atoms with Crippen molar-refractivity contribution >= 4 is 26.5 Å². The Kier molecular flexibility index (Phi) is 4.15. The van der Waals surface area contributed by atoms with Gasteiger partial charge in [0.1, 0.15) is 16.1 Å². The summed E-state index contributed by atoms with van der Waals surface area (Å²) in [4.78, 5) is -0.511. The number of rotatable bonds is 5. The SMILES string of the molecule is C[Si](C)(c1ccccc1)C(O)(C1CC1)[Si](C)(C)c1ccccc1. The molecule has 0 saturated heterocycles. The summed E-state index contributed by atoms with van der Waals surface area (Å²) in [7, 11) is -4.07. The Morgan fingerprint density at radius 1 is 0.739 bits per heavy atom. The molecular weight excluding hydrogens is 312 g/mol. The van der Waals surface area contributed by atoms with Gasteiger partial charge in [-0.3, -0.25) is 0 Å². The average molecular weight is 341 g/mol. The van der Waals surface area contributed by atoms with Crippen molar-refractivity contribution in [3.63, 3.8) is 0 Å². The molecular formula is C20H28OSi2. The maximum Gasteiger partial charge on any atom is 0.113 e. The van der Waals surface area contributed by atoms with Gasteiger partial charge >= 0.3 is 0 Å². The predicted octanol–water partition coefficient (Wildman–Crippen LogP) is 3.44. The van der Waals surface area contributed by atoms with Gasteiger partial charge in [-0.15, -0.1) is 0 Å². The molecule has 2 aromatic rings. The van der Waals surface area contributed by atoms with E-state index in [1.165, 1.54) is 23.2 Å². The molecule has 0 aliphatic heterocycles. The van der Waals surface area contributed by atoms with Gasteiger partial charge in [0.15, 0.2) is 0 Å². The fourth-order valence-electron chi connectivity index (χ4n) is 4.45. The molecule has 122 valence electrons. The van der Waals surface area contributed by atoms with E-state index in [2.05, 4.69) is 86.9 Å². The first-order valence-corrected chi connectivity index (χ1v) is 14.7.